The van der Waals surface area contributed by atoms with E-state index in [0.29, 0.717) is 56.2 Å². The lowest BCUT2D eigenvalue weighted by atomic mass is 9.95. The van der Waals surface area contributed by atoms with E-state index in [4.69, 9.17) is 4.52 Å². The lowest BCUT2D eigenvalue weighted by molar-refractivity contribution is -0.134. The average Bonchev–Trinajstić information content (AvgIpc) is 3.28. The van der Waals surface area contributed by atoms with Crippen molar-refractivity contribution in [3.05, 3.63) is 60.6 Å². The van der Waals surface area contributed by atoms with E-state index < -0.39 is 0 Å². The van der Waals surface area contributed by atoms with E-state index in [-0.39, 0.29) is 17.7 Å². The van der Waals surface area contributed by atoms with E-state index in [0.717, 1.165) is 5.69 Å². The minimum absolute atomic E-state index is 0.0150. The fourth-order valence-corrected chi connectivity index (χ4v) is 3.48. The Morgan fingerprint density at radius 3 is 2.57 bits per heavy atom. The van der Waals surface area contributed by atoms with Gasteiger partial charge in [-0.05, 0) is 37.1 Å². The molecular formula is C22H23N5O3. The van der Waals surface area contributed by atoms with Crippen LogP contribution >= 0.6 is 0 Å². The molecule has 1 aliphatic rings. The van der Waals surface area contributed by atoms with Crippen LogP contribution in [0.2, 0.25) is 0 Å². The number of aryl methyl sites for hydroxylation is 1. The molecule has 1 fully saturated rings. The Morgan fingerprint density at radius 1 is 1.07 bits per heavy atom. The summed E-state index contributed by atoms with van der Waals surface area (Å²) in [4.78, 5) is 35.3. The van der Waals surface area contributed by atoms with Gasteiger partial charge >= 0.3 is 0 Å². The Labute approximate surface area is 174 Å². The van der Waals surface area contributed by atoms with Gasteiger partial charge < -0.3 is 14.7 Å². The second-order valence-corrected chi connectivity index (χ2v) is 7.24. The minimum Gasteiger partial charge on any atom is -0.343 e. The third-order valence-electron chi connectivity index (χ3n) is 5.17. The molecule has 1 aliphatic heterocycles. The summed E-state index contributed by atoms with van der Waals surface area (Å²) in [7, 11) is 0. The van der Waals surface area contributed by atoms with E-state index >= 15 is 0 Å². The molecule has 0 radical (unpaired) electrons. The van der Waals surface area contributed by atoms with Gasteiger partial charge in [0.25, 0.3) is 0 Å². The number of nitrogens with zero attached hydrogens (tertiary/aromatic N) is 4. The number of aromatic nitrogens is 3. The highest BCUT2D eigenvalue weighted by Crippen LogP contribution is 2.20. The normalized spacial score (nSPS) is 14.5. The largest absolute Gasteiger partial charge is 0.343 e. The highest BCUT2D eigenvalue weighted by atomic mass is 16.5. The van der Waals surface area contributed by atoms with Gasteiger partial charge in [0.2, 0.25) is 23.5 Å². The fourth-order valence-electron chi connectivity index (χ4n) is 3.48. The van der Waals surface area contributed by atoms with Crippen molar-refractivity contribution in [2.24, 2.45) is 5.92 Å². The molecule has 3 aromatic rings. The molecule has 1 saturated heterocycles. The molecule has 154 valence electrons. The lowest BCUT2D eigenvalue weighted by Gasteiger charge is -2.31. The molecule has 2 amide bonds. The number of benzene rings is 1. The maximum atomic E-state index is 12.5. The lowest BCUT2D eigenvalue weighted by Crippen LogP contribution is -2.41. The Hall–Kier alpha value is -3.55. The predicted octanol–water partition coefficient (Wildman–Crippen LogP) is 2.94. The van der Waals surface area contributed by atoms with Gasteiger partial charge in [0, 0.05) is 43.7 Å². The monoisotopic (exact) mass is 405 g/mol. The number of amides is 2. The number of carbonyl (C=O) groups excluding carboxylic acids is 2. The molecule has 8 nitrogen and oxygen atoms in total. The van der Waals surface area contributed by atoms with Crippen LogP contribution in [-0.4, -0.2) is 44.9 Å². The number of pyridine rings is 1. The summed E-state index contributed by atoms with van der Waals surface area (Å²) in [5, 5.41) is 6.87. The van der Waals surface area contributed by atoms with E-state index in [1.807, 2.05) is 47.4 Å². The number of likely N-dealkylation sites (tertiary alicyclic amines) is 1. The number of hydrogen-bond donors (Lipinski definition) is 1. The van der Waals surface area contributed by atoms with Gasteiger partial charge in [-0.25, -0.2) is 0 Å². The zero-order valence-corrected chi connectivity index (χ0v) is 16.5. The second-order valence-electron chi connectivity index (χ2n) is 7.24. The molecule has 0 spiro atoms. The SMILES string of the molecule is O=C(Nc1ccccc1)C1CCN(C(=O)CCc2nc(-c3ccccn3)no2)CC1. The molecule has 4 rings (SSSR count). The van der Waals surface area contributed by atoms with Gasteiger partial charge in [0.1, 0.15) is 5.69 Å². The molecule has 0 aliphatic carbocycles. The molecule has 0 unspecified atom stereocenters. The summed E-state index contributed by atoms with van der Waals surface area (Å²) in [6, 6.07) is 14.9. The minimum atomic E-state index is -0.0777. The highest BCUT2D eigenvalue weighted by molar-refractivity contribution is 5.92. The standard InChI is InChI=1S/C22H23N5O3/c28-20(10-9-19-25-21(26-30-19)18-8-4-5-13-23-18)27-14-11-16(12-15-27)22(29)24-17-6-2-1-3-7-17/h1-8,13,16H,9-12,14-15H2,(H,24,29). The van der Waals surface area contributed by atoms with Gasteiger partial charge in [0.05, 0.1) is 0 Å². The molecule has 0 atom stereocenters. The van der Waals surface area contributed by atoms with Crippen LogP contribution in [0, 0.1) is 5.92 Å². The first kappa shape index (κ1) is 19.8. The maximum Gasteiger partial charge on any atom is 0.227 e. The van der Waals surface area contributed by atoms with Crippen molar-refractivity contribution in [2.45, 2.75) is 25.7 Å². The van der Waals surface area contributed by atoms with Gasteiger partial charge in [-0.2, -0.15) is 4.98 Å². The first-order valence-electron chi connectivity index (χ1n) is 10.1. The molecule has 1 aromatic carbocycles. The summed E-state index contributed by atoms with van der Waals surface area (Å²) in [5.41, 5.74) is 1.43. The third kappa shape index (κ3) is 4.89. The van der Waals surface area contributed by atoms with Gasteiger partial charge in [0.15, 0.2) is 0 Å². The number of carbonyl (C=O) groups is 2. The number of para-hydroxylation sites is 1. The summed E-state index contributed by atoms with van der Waals surface area (Å²) in [6.45, 7) is 1.16. The number of nitrogens with one attached hydrogen (secondary N) is 1. The van der Waals surface area contributed by atoms with Crippen molar-refractivity contribution < 1.29 is 14.1 Å². The summed E-state index contributed by atoms with van der Waals surface area (Å²) < 4.78 is 5.24. The van der Waals surface area contributed by atoms with Crippen LogP contribution in [0.4, 0.5) is 5.69 Å². The van der Waals surface area contributed by atoms with E-state index in [1.54, 1.807) is 12.3 Å². The predicted molar refractivity (Wildman–Crippen MR) is 110 cm³/mol. The van der Waals surface area contributed by atoms with Crippen LogP contribution < -0.4 is 5.32 Å². The van der Waals surface area contributed by atoms with Crippen molar-refractivity contribution in [2.75, 3.05) is 18.4 Å². The van der Waals surface area contributed by atoms with Crippen molar-refractivity contribution in [3.63, 3.8) is 0 Å². The van der Waals surface area contributed by atoms with Crippen molar-refractivity contribution in [3.8, 4) is 11.5 Å². The van der Waals surface area contributed by atoms with E-state index in [1.165, 1.54) is 0 Å². The average molecular weight is 405 g/mol. The summed E-state index contributed by atoms with van der Waals surface area (Å²) in [6.07, 6.45) is 3.67. The molecule has 3 heterocycles. The quantitative estimate of drug-likeness (QED) is 0.677. The van der Waals surface area contributed by atoms with Gasteiger partial charge in [-0.3, -0.25) is 14.6 Å². The molecule has 8 heteroatoms. The van der Waals surface area contributed by atoms with Crippen LogP contribution in [0.3, 0.4) is 0 Å². The van der Waals surface area contributed by atoms with Gasteiger partial charge in [-0.1, -0.05) is 29.4 Å². The number of hydrogen-bond acceptors (Lipinski definition) is 6. The van der Waals surface area contributed by atoms with Crippen LogP contribution in [0.15, 0.2) is 59.3 Å². The zero-order valence-electron chi connectivity index (χ0n) is 16.5. The molecule has 0 bridgehead atoms. The molecule has 1 N–H and O–H groups in total. The van der Waals surface area contributed by atoms with Gasteiger partial charge in [-0.15, -0.1) is 0 Å². The fraction of sp³-hybridized carbons (Fsp3) is 0.318. The molecule has 2 aromatic heterocycles. The van der Waals surface area contributed by atoms with E-state index in [2.05, 4.69) is 20.4 Å². The Kier molecular flexibility index (Phi) is 6.12. The summed E-state index contributed by atoms with van der Waals surface area (Å²) >= 11 is 0. The zero-order chi connectivity index (χ0) is 20.8. The van der Waals surface area contributed by atoms with Crippen LogP contribution in [0.1, 0.15) is 25.2 Å². The Balaban J connectivity index is 1.23. The van der Waals surface area contributed by atoms with E-state index in [9.17, 15) is 9.59 Å². The Bertz CT molecular complexity index is 982. The maximum absolute atomic E-state index is 12.5. The molecule has 0 saturated carbocycles. The number of piperidine rings is 1. The Morgan fingerprint density at radius 2 is 1.83 bits per heavy atom. The first-order chi connectivity index (χ1) is 14.7. The molecular weight excluding hydrogens is 382 g/mol. The highest BCUT2D eigenvalue weighted by Gasteiger charge is 2.27. The number of anilines is 1. The van der Waals surface area contributed by atoms with Crippen molar-refractivity contribution in [1.82, 2.24) is 20.0 Å². The van der Waals surface area contributed by atoms with Crippen molar-refractivity contribution >= 4 is 17.5 Å². The van der Waals surface area contributed by atoms with Crippen molar-refractivity contribution in [1.29, 1.82) is 0 Å². The second kappa shape index (κ2) is 9.30. The van der Waals surface area contributed by atoms with Crippen LogP contribution in [0.5, 0.6) is 0 Å². The topological polar surface area (TPSA) is 101 Å². The summed E-state index contributed by atoms with van der Waals surface area (Å²) in [5.74, 6) is 0.811. The number of rotatable bonds is 6. The smallest absolute Gasteiger partial charge is 0.227 e. The van der Waals surface area contributed by atoms with Crippen LogP contribution in [-0.2, 0) is 16.0 Å². The third-order valence-corrected chi connectivity index (χ3v) is 5.17. The first-order valence-corrected chi connectivity index (χ1v) is 10.1. The molecule has 30 heavy (non-hydrogen) atoms. The van der Waals surface area contributed by atoms with Crippen LogP contribution in [0.25, 0.3) is 11.5 Å².